The van der Waals surface area contributed by atoms with E-state index in [0.29, 0.717) is 0 Å². The summed E-state index contributed by atoms with van der Waals surface area (Å²) in [4.78, 5) is 12.2. The highest BCUT2D eigenvalue weighted by Crippen LogP contribution is 2.30. The number of carbonyl (C=O) groups excluding carboxylic acids is 1. The van der Waals surface area contributed by atoms with Crippen molar-refractivity contribution >= 4 is 11.6 Å². The third-order valence-corrected chi connectivity index (χ3v) is 3.31. The summed E-state index contributed by atoms with van der Waals surface area (Å²) in [5.74, 6) is -0.741. The van der Waals surface area contributed by atoms with Gasteiger partial charge >= 0.3 is 6.18 Å². The normalized spacial score (nSPS) is 10.6. The lowest BCUT2D eigenvalue weighted by Crippen LogP contribution is -2.13. The number of aromatic hydroxyl groups is 1. The van der Waals surface area contributed by atoms with Crippen LogP contribution in [0, 0.1) is 0 Å². The van der Waals surface area contributed by atoms with E-state index in [1.54, 1.807) is 12.1 Å². The maximum atomic E-state index is 12.5. The van der Waals surface area contributed by atoms with Crippen LogP contribution in [0.1, 0.15) is 48.7 Å². The van der Waals surface area contributed by atoms with E-state index in [2.05, 4.69) is 5.32 Å². The van der Waals surface area contributed by atoms with Crippen molar-refractivity contribution in [3.05, 3.63) is 59.2 Å². The Morgan fingerprint density at radius 2 is 1.68 bits per heavy atom. The average Bonchev–Trinajstić information content (AvgIpc) is 2.58. The summed E-state index contributed by atoms with van der Waals surface area (Å²) in [7, 11) is 0. The highest BCUT2D eigenvalue weighted by molar-refractivity contribution is 6.06. The quantitative estimate of drug-likeness (QED) is 0.747. The van der Waals surface area contributed by atoms with E-state index < -0.39 is 17.6 Å². The van der Waals surface area contributed by atoms with Crippen molar-refractivity contribution in [1.82, 2.24) is 0 Å². The van der Waals surface area contributed by atoms with Gasteiger partial charge in [-0.3, -0.25) is 4.79 Å². The first-order valence-corrected chi connectivity index (χ1v) is 8.11. The summed E-state index contributed by atoms with van der Waals surface area (Å²) in [6.07, 6.45) is -2.76. The van der Waals surface area contributed by atoms with Crippen molar-refractivity contribution in [2.24, 2.45) is 0 Å². The van der Waals surface area contributed by atoms with Crippen LogP contribution in [0.5, 0.6) is 5.75 Å². The lowest BCUT2D eigenvalue weighted by Gasteiger charge is -2.10. The molecule has 6 heteroatoms. The van der Waals surface area contributed by atoms with Gasteiger partial charge in [-0.05, 0) is 48.4 Å². The van der Waals surface area contributed by atoms with Crippen LogP contribution in [0.15, 0.2) is 42.5 Å². The van der Waals surface area contributed by atoms with E-state index in [0.717, 1.165) is 30.5 Å². The van der Waals surface area contributed by atoms with Gasteiger partial charge in [0.2, 0.25) is 0 Å². The fourth-order valence-corrected chi connectivity index (χ4v) is 2.15. The molecular formula is C19H22F3NO2. The molecule has 0 aliphatic carbocycles. The summed E-state index contributed by atoms with van der Waals surface area (Å²) >= 11 is 0. The molecule has 0 spiro atoms. The fourth-order valence-electron chi connectivity index (χ4n) is 2.15. The largest absolute Gasteiger partial charge is 0.507 e. The Labute approximate surface area is 145 Å². The second kappa shape index (κ2) is 9.11. The Kier molecular flexibility index (Phi) is 7.48. The Hall–Kier alpha value is -2.50. The highest BCUT2D eigenvalue weighted by atomic mass is 19.4. The van der Waals surface area contributed by atoms with Crippen LogP contribution in [0.4, 0.5) is 18.9 Å². The Balaban J connectivity index is 0.00000151. The number of hydrogen-bond donors (Lipinski definition) is 2. The van der Waals surface area contributed by atoms with Gasteiger partial charge in [-0.15, -0.1) is 0 Å². The zero-order valence-corrected chi connectivity index (χ0v) is 14.4. The summed E-state index contributed by atoms with van der Waals surface area (Å²) in [5, 5.41) is 12.3. The van der Waals surface area contributed by atoms with Gasteiger partial charge in [0.05, 0.1) is 11.1 Å². The van der Waals surface area contributed by atoms with Crippen LogP contribution in [0.25, 0.3) is 0 Å². The standard InChI is InChI=1S/C17H16F3NO2.C2H6/c1-2-3-11-4-9-15(22)14(10-11)16(23)21-13-7-5-12(6-8-13)17(18,19)20;1-2/h4-10,22H,2-3H2,1H3,(H,21,23);1-2H3. The van der Waals surface area contributed by atoms with Gasteiger partial charge in [0.1, 0.15) is 5.75 Å². The molecule has 0 atom stereocenters. The topological polar surface area (TPSA) is 49.3 Å². The van der Waals surface area contributed by atoms with Crippen molar-refractivity contribution in [2.45, 2.75) is 39.8 Å². The number of hydrogen-bond acceptors (Lipinski definition) is 2. The number of halogens is 3. The van der Waals surface area contributed by atoms with Gasteiger partial charge in [0.15, 0.2) is 0 Å². The van der Waals surface area contributed by atoms with Gasteiger partial charge in [-0.2, -0.15) is 13.2 Å². The molecule has 0 aliphatic heterocycles. The summed E-state index contributed by atoms with van der Waals surface area (Å²) in [6, 6.07) is 8.88. The van der Waals surface area contributed by atoms with Crippen LogP contribution >= 0.6 is 0 Å². The molecule has 1 amide bonds. The lowest BCUT2D eigenvalue weighted by molar-refractivity contribution is -0.137. The van der Waals surface area contributed by atoms with Gasteiger partial charge in [0, 0.05) is 5.69 Å². The third-order valence-electron chi connectivity index (χ3n) is 3.31. The minimum Gasteiger partial charge on any atom is -0.507 e. The first-order chi connectivity index (χ1) is 11.8. The zero-order valence-electron chi connectivity index (χ0n) is 14.4. The van der Waals surface area contributed by atoms with Crippen LogP contribution in [0.3, 0.4) is 0 Å². The smallest absolute Gasteiger partial charge is 0.416 e. The molecule has 2 rings (SSSR count). The van der Waals surface area contributed by atoms with Crippen molar-refractivity contribution < 1.29 is 23.1 Å². The van der Waals surface area contributed by atoms with Crippen LogP contribution in [-0.4, -0.2) is 11.0 Å². The molecular weight excluding hydrogens is 331 g/mol. The maximum absolute atomic E-state index is 12.5. The second-order valence-electron chi connectivity index (χ2n) is 5.13. The van der Waals surface area contributed by atoms with Crippen LogP contribution < -0.4 is 5.32 Å². The Morgan fingerprint density at radius 3 is 2.20 bits per heavy atom. The van der Waals surface area contributed by atoms with Crippen LogP contribution in [0.2, 0.25) is 0 Å². The molecule has 0 aliphatic rings. The highest BCUT2D eigenvalue weighted by Gasteiger charge is 2.30. The summed E-state index contributed by atoms with van der Waals surface area (Å²) < 4.78 is 37.5. The molecule has 2 N–H and O–H groups in total. The fraction of sp³-hybridized carbons (Fsp3) is 0.316. The molecule has 2 aromatic rings. The van der Waals surface area contributed by atoms with Gasteiger partial charge in [-0.1, -0.05) is 33.3 Å². The summed E-state index contributed by atoms with van der Waals surface area (Å²) in [6.45, 7) is 5.99. The van der Waals surface area contributed by atoms with E-state index in [4.69, 9.17) is 0 Å². The van der Waals surface area contributed by atoms with Crippen molar-refractivity contribution in [1.29, 1.82) is 0 Å². The molecule has 0 saturated carbocycles. The number of phenols is 1. The molecule has 2 aromatic carbocycles. The molecule has 0 unspecified atom stereocenters. The number of nitrogens with one attached hydrogen (secondary N) is 1. The molecule has 0 saturated heterocycles. The third kappa shape index (κ3) is 5.81. The zero-order chi connectivity index (χ0) is 19.0. The SMILES string of the molecule is CC.CCCc1ccc(O)c(C(=O)Nc2ccc(C(F)(F)F)cc2)c1. The first-order valence-electron chi connectivity index (χ1n) is 8.11. The molecule has 0 heterocycles. The number of anilines is 1. The lowest BCUT2D eigenvalue weighted by atomic mass is 10.1. The number of phenolic OH excluding ortho intramolecular Hbond substituents is 1. The molecule has 3 nitrogen and oxygen atoms in total. The summed E-state index contributed by atoms with van der Waals surface area (Å²) in [5.41, 5.74) is 0.435. The van der Waals surface area contributed by atoms with E-state index >= 15 is 0 Å². The molecule has 0 aromatic heterocycles. The van der Waals surface area contributed by atoms with Crippen LogP contribution in [-0.2, 0) is 12.6 Å². The van der Waals surface area contributed by atoms with Crippen molar-refractivity contribution in [2.75, 3.05) is 5.32 Å². The first kappa shape index (κ1) is 20.5. The Bertz CT molecular complexity index is 695. The number of rotatable bonds is 4. The average molecular weight is 353 g/mol. The van der Waals surface area contributed by atoms with Gasteiger partial charge < -0.3 is 10.4 Å². The number of alkyl halides is 3. The van der Waals surface area contributed by atoms with Crippen molar-refractivity contribution in [3.63, 3.8) is 0 Å². The number of amides is 1. The molecule has 0 bridgehead atoms. The van der Waals surface area contributed by atoms with Gasteiger partial charge in [0.25, 0.3) is 5.91 Å². The predicted octanol–water partition coefficient (Wildman–Crippen LogP) is 5.64. The van der Waals surface area contributed by atoms with Crippen molar-refractivity contribution in [3.8, 4) is 5.75 Å². The van der Waals surface area contributed by atoms with E-state index in [-0.39, 0.29) is 17.0 Å². The molecule has 25 heavy (non-hydrogen) atoms. The monoisotopic (exact) mass is 353 g/mol. The van der Waals surface area contributed by atoms with E-state index in [9.17, 15) is 23.1 Å². The maximum Gasteiger partial charge on any atom is 0.416 e. The van der Waals surface area contributed by atoms with E-state index in [1.165, 1.54) is 18.2 Å². The Morgan fingerprint density at radius 1 is 1.08 bits per heavy atom. The minimum atomic E-state index is -4.42. The number of carbonyl (C=O) groups is 1. The van der Waals surface area contributed by atoms with Gasteiger partial charge in [-0.25, -0.2) is 0 Å². The predicted molar refractivity (Wildman–Crippen MR) is 92.8 cm³/mol. The number of benzene rings is 2. The minimum absolute atomic E-state index is 0.0934. The number of aryl methyl sites for hydroxylation is 1. The molecule has 0 fully saturated rings. The molecule has 136 valence electrons. The molecule has 0 radical (unpaired) electrons. The van der Waals surface area contributed by atoms with E-state index in [1.807, 2.05) is 20.8 Å². The second-order valence-corrected chi connectivity index (χ2v) is 5.13.